The van der Waals surface area contributed by atoms with Crippen LogP contribution in [-0.4, -0.2) is 21.6 Å². The number of nitrogens with zero attached hydrogens (tertiary/aromatic N) is 2. The van der Waals surface area contributed by atoms with Crippen LogP contribution in [0.4, 0.5) is 5.82 Å². The number of rotatable bonds is 5. The lowest BCUT2D eigenvalue weighted by molar-refractivity contribution is 0.102. The van der Waals surface area contributed by atoms with Crippen molar-refractivity contribution < 1.29 is 4.79 Å². The van der Waals surface area contributed by atoms with Crippen LogP contribution in [0.3, 0.4) is 0 Å². The molecule has 0 aliphatic rings. The fourth-order valence-electron chi connectivity index (χ4n) is 2.43. The van der Waals surface area contributed by atoms with Gasteiger partial charge in [-0.05, 0) is 49.2 Å². The van der Waals surface area contributed by atoms with E-state index >= 15 is 0 Å². The Balaban J connectivity index is 1.82. The summed E-state index contributed by atoms with van der Waals surface area (Å²) in [6.45, 7) is 7.34. The number of nitrogens with one attached hydrogen (secondary N) is 3. The Hall–Kier alpha value is -3.61. The molecule has 0 bridgehead atoms. The molecule has 1 aromatic carbocycles. The van der Waals surface area contributed by atoms with Crippen LogP contribution < -0.4 is 16.5 Å². The highest BCUT2D eigenvalue weighted by molar-refractivity contribution is 6.07. The number of anilines is 1. The minimum absolute atomic E-state index is 0.245. The zero-order chi connectivity index (χ0) is 18.7. The van der Waals surface area contributed by atoms with Crippen LogP contribution in [0.15, 0.2) is 60.1 Å². The van der Waals surface area contributed by atoms with E-state index in [4.69, 9.17) is 5.73 Å². The largest absolute Gasteiger partial charge is 0.385 e. The van der Waals surface area contributed by atoms with Crippen molar-refractivity contribution >= 4 is 28.3 Å². The fourth-order valence-corrected chi connectivity index (χ4v) is 2.43. The van der Waals surface area contributed by atoms with E-state index in [0.29, 0.717) is 11.5 Å². The minimum atomic E-state index is -0.245. The van der Waals surface area contributed by atoms with Gasteiger partial charge in [0.15, 0.2) is 0 Å². The Morgan fingerprint density at radius 2 is 2.08 bits per heavy atom. The number of carbonyl (C=O) groups excluding carboxylic acids is 1. The number of carbonyl (C=O) groups is 1. The molecule has 7 nitrogen and oxygen atoms in total. The van der Waals surface area contributed by atoms with Gasteiger partial charge in [0.25, 0.3) is 5.91 Å². The number of H-pyrrole nitrogens is 1. The molecular formula is C19H20N6O. The molecule has 0 saturated carbocycles. The summed E-state index contributed by atoms with van der Waals surface area (Å²) in [4.78, 5) is 19.7. The molecule has 2 aromatic heterocycles. The number of hydrazone groups is 1. The van der Waals surface area contributed by atoms with Crippen LogP contribution in [0.25, 0.3) is 10.9 Å². The third-order valence-corrected chi connectivity index (χ3v) is 3.80. The summed E-state index contributed by atoms with van der Waals surface area (Å²) >= 11 is 0. The van der Waals surface area contributed by atoms with Crippen molar-refractivity contribution in [1.29, 1.82) is 0 Å². The van der Waals surface area contributed by atoms with Gasteiger partial charge in [0, 0.05) is 17.1 Å². The molecule has 1 amide bonds. The first-order valence-corrected chi connectivity index (χ1v) is 8.04. The van der Waals surface area contributed by atoms with Crippen molar-refractivity contribution in [2.45, 2.75) is 13.8 Å². The normalized spacial score (nSPS) is 11.4. The summed E-state index contributed by atoms with van der Waals surface area (Å²) in [7, 11) is 0. The summed E-state index contributed by atoms with van der Waals surface area (Å²) in [6, 6.07) is 11.2. The van der Waals surface area contributed by atoms with Gasteiger partial charge < -0.3 is 16.0 Å². The van der Waals surface area contributed by atoms with Gasteiger partial charge in [0.1, 0.15) is 17.3 Å². The predicted molar refractivity (Wildman–Crippen MR) is 104 cm³/mol. The van der Waals surface area contributed by atoms with Gasteiger partial charge >= 0.3 is 0 Å². The minimum Gasteiger partial charge on any atom is -0.385 e. The Morgan fingerprint density at radius 3 is 2.77 bits per heavy atom. The van der Waals surface area contributed by atoms with Gasteiger partial charge in [-0.15, -0.1) is 0 Å². The van der Waals surface area contributed by atoms with Crippen LogP contribution in [0.5, 0.6) is 0 Å². The SMILES string of the molecule is C=C(N)N/N=C(\C)c1ccc2[nH]c(C(=O)Nc3ccc(C)cn3)cc2c1. The van der Waals surface area contributed by atoms with Gasteiger partial charge in [-0.25, -0.2) is 4.98 Å². The lowest BCUT2D eigenvalue weighted by atomic mass is 10.1. The number of amides is 1. The number of aromatic amines is 1. The predicted octanol–water partition coefficient (Wildman–Crippen LogP) is 2.87. The van der Waals surface area contributed by atoms with Gasteiger partial charge in [0.2, 0.25) is 0 Å². The second-order valence-corrected chi connectivity index (χ2v) is 5.99. The number of fused-ring (bicyclic) bond motifs is 1. The second kappa shape index (κ2) is 7.10. The molecule has 0 aliphatic carbocycles. The number of benzene rings is 1. The van der Waals surface area contributed by atoms with E-state index in [0.717, 1.165) is 27.7 Å². The fraction of sp³-hybridized carbons (Fsp3) is 0.105. The molecule has 5 N–H and O–H groups in total. The molecule has 0 fully saturated rings. The topological polar surface area (TPSA) is 108 Å². The molecule has 0 aliphatic heterocycles. The number of pyridine rings is 1. The summed E-state index contributed by atoms with van der Waals surface area (Å²) in [5, 5.41) is 7.84. The van der Waals surface area contributed by atoms with E-state index in [-0.39, 0.29) is 11.7 Å². The van der Waals surface area contributed by atoms with Crippen LogP contribution in [-0.2, 0) is 0 Å². The maximum atomic E-state index is 12.4. The molecule has 132 valence electrons. The van der Waals surface area contributed by atoms with Crippen molar-refractivity contribution in [1.82, 2.24) is 15.4 Å². The number of hydrogen-bond donors (Lipinski definition) is 4. The maximum Gasteiger partial charge on any atom is 0.273 e. The monoisotopic (exact) mass is 348 g/mol. The highest BCUT2D eigenvalue weighted by atomic mass is 16.1. The average molecular weight is 348 g/mol. The number of hydrogen-bond acceptors (Lipinski definition) is 5. The molecule has 0 saturated heterocycles. The Labute approximate surface area is 151 Å². The molecular weight excluding hydrogens is 328 g/mol. The van der Waals surface area contributed by atoms with Gasteiger partial charge in [0.05, 0.1) is 5.71 Å². The van der Waals surface area contributed by atoms with Crippen molar-refractivity contribution in [2.24, 2.45) is 10.8 Å². The Bertz CT molecular complexity index is 1000. The third-order valence-electron chi connectivity index (χ3n) is 3.80. The Morgan fingerprint density at radius 1 is 1.27 bits per heavy atom. The lowest BCUT2D eigenvalue weighted by Gasteiger charge is -2.02. The van der Waals surface area contributed by atoms with E-state index < -0.39 is 0 Å². The highest BCUT2D eigenvalue weighted by Gasteiger charge is 2.11. The molecule has 3 aromatic rings. The summed E-state index contributed by atoms with van der Waals surface area (Å²) in [6.07, 6.45) is 1.71. The standard InChI is InChI=1S/C19H20N6O/c1-11-4-7-18(21-10-11)23-19(26)17-9-15-8-14(5-6-16(15)22-17)12(2)24-25-13(3)20/h4-10,22,25H,3,20H2,1-2H3,(H,21,23,26)/b24-12+. The molecule has 2 heterocycles. The molecule has 0 spiro atoms. The number of aromatic nitrogens is 2. The van der Waals surface area contributed by atoms with Crippen LogP contribution in [0.2, 0.25) is 0 Å². The molecule has 0 unspecified atom stereocenters. The first-order valence-electron chi connectivity index (χ1n) is 8.04. The van der Waals surface area contributed by atoms with E-state index in [1.54, 1.807) is 18.3 Å². The highest BCUT2D eigenvalue weighted by Crippen LogP contribution is 2.19. The van der Waals surface area contributed by atoms with E-state index in [9.17, 15) is 4.79 Å². The van der Waals surface area contributed by atoms with Crippen molar-refractivity contribution in [3.8, 4) is 0 Å². The number of aryl methyl sites for hydroxylation is 1. The van der Waals surface area contributed by atoms with Crippen molar-refractivity contribution in [3.63, 3.8) is 0 Å². The van der Waals surface area contributed by atoms with E-state index in [1.165, 1.54) is 0 Å². The number of nitrogens with two attached hydrogens (primary N) is 1. The van der Waals surface area contributed by atoms with E-state index in [2.05, 4.69) is 32.4 Å². The second-order valence-electron chi connectivity index (χ2n) is 5.99. The third kappa shape index (κ3) is 3.89. The smallest absolute Gasteiger partial charge is 0.273 e. The zero-order valence-corrected chi connectivity index (χ0v) is 14.6. The van der Waals surface area contributed by atoms with Crippen LogP contribution in [0.1, 0.15) is 28.5 Å². The Kier molecular flexibility index (Phi) is 4.70. The van der Waals surface area contributed by atoms with Crippen molar-refractivity contribution in [2.75, 3.05) is 5.32 Å². The van der Waals surface area contributed by atoms with Gasteiger partial charge in [-0.1, -0.05) is 18.7 Å². The molecule has 7 heteroatoms. The van der Waals surface area contributed by atoms with Gasteiger partial charge in [-0.2, -0.15) is 5.10 Å². The first-order chi connectivity index (χ1) is 12.4. The summed E-state index contributed by atoms with van der Waals surface area (Å²) in [5.74, 6) is 0.539. The molecule has 0 atom stereocenters. The molecule has 3 rings (SSSR count). The summed E-state index contributed by atoms with van der Waals surface area (Å²) < 4.78 is 0. The molecule has 0 radical (unpaired) electrons. The van der Waals surface area contributed by atoms with Gasteiger partial charge in [-0.3, -0.25) is 10.2 Å². The van der Waals surface area contributed by atoms with Crippen LogP contribution in [0, 0.1) is 6.92 Å². The zero-order valence-electron chi connectivity index (χ0n) is 14.6. The first kappa shape index (κ1) is 17.2. The van der Waals surface area contributed by atoms with Crippen LogP contribution >= 0.6 is 0 Å². The quantitative estimate of drug-likeness (QED) is 0.420. The van der Waals surface area contributed by atoms with E-state index in [1.807, 2.05) is 38.1 Å². The average Bonchev–Trinajstić information content (AvgIpc) is 3.05. The lowest BCUT2D eigenvalue weighted by Crippen LogP contribution is -2.14. The molecule has 26 heavy (non-hydrogen) atoms. The van der Waals surface area contributed by atoms with Crippen molar-refractivity contribution in [3.05, 3.63) is 71.8 Å². The maximum absolute atomic E-state index is 12.4. The summed E-state index contributed by atoms with van der Waals surface area (Å²) in [5.41, 5.74) is 12.1.